The predicted octanol–water partition coefficient (Wildman–Crippen LogP) is 1.44. The van der Waals surface area contributed by atoms with Crippen molar-refractivity contribution >= 4 is 12.6 Å². The van der Waals surface area contributed by atoms with Gasteiger partial charge < -0.3 is 9.80 Å². The Morgan fingerprint density at radius 1 is 1.15 bits per heavy atom. The monoisotopic (exact) mass is 204 g/mol. The molecule has 0 amide bonds. The molecule has 0 rings (SSSR count). The normalized spacial score (nSPS) is 14.1. The summed E-state index contributed by atoms with van der Waals surface area (Å²) in [6.07, 6.45) is 1.25. The molecule has 0 bridgehead atoms. The minimum Gasteiger partial charge on any atom is -0.309 e. The largest absolute Gasteiger partial charge is 0.309 e. The molecule has 0 aliphatic rings. The van der Waals surface area contributed by atoms with E-state index in [1.54, 1.807) is 0 Å². The van der Waals surface area contributed by atoms with Crippen LogP contribution < -0.4 is 0 Å². The van der Waals surface area contributed by atoms with E-state index in [2.05, 4.69) is 50.5 Å². The first-order valence-corrected chi connectivity index (χ1v) is 5.63. The van der Waals surface area contributed by atoms with E-state index < -0.39 is 0 Å². The molecule has 0 aromatic rings. The van der Waals surface area contributed by atoms with E-state index in [0.717, 1.165) is 12.3 Å². The molecule has 0 radical (unpaired) electrons. The van der Waals surface area contributed by atoms with Crippen LogP contribution in [0.15, 0.2) is 0 Å². The third kappa shape index (κ3) is 8.60. The summed E-state index contributed by atoms with van der Waals surface area (Å²) in [4.78, 5) is 4.63. The van der Waals surface area contributed by atoms with E-state index in [1.807, 2.05) is 0 Å². The quantitative estimate of drug-likeness (QED) is 0.627. The second-order valence-corrected chi connectivity index (χ2v) is 4.57. The number of hydrogen-bond donors (Lipinski definition) is 1. The van der Waals surface area contributed by atoms with Crippen LogP contribution in [-0.2, 0) is 0 Å². The lowest BCUT2D eigenvalue weighted by atomic mass is 10.2. The summed E-state index contributed by atoms with van der Waals surface area (Å²) in [5.41, 5.74) is 0. The van der Waals surface area contributed by atoms with Crippen LogP contribution in [0.4, 0.5) is 0 Å². The lowest BCUT2D eigenvalue weighted by molar-refractivity contribution is 0.275. The van der Waals surface area contributed by atoms with Crippen molar-refractivity contribution in [3.8, 4) is 0 Å². The topological polar surface area (TPSA) is 6.48 Å². The van der Waals surface area contributed by atoms with Gasteiger partial charge in [-0.3, -0.25) is 0 Å². The fourth-order valence-electron chi connectivity index (χ4n) is 1.34. The van der Waals surface area contributed by atoms with Crippen molar-refractivity contribution in [1.29, 1.82) is 0 Å². The van der Waals surface area contributed by atoms with Gasteiger partial charge >= 0.3 is 0 Å². The van der Waals surface area contributed by atoms with E-state index in [-0.39, 0.29) is 0 Å². The van der Waals surface area contributed by atoms with Crippen LogP contribution in [0.3, 0.4) is 0 Å². The fourth-order valence-corrected chi connectivity index (χ4v) is 1.45. The maximum atomic E-state index is 4.28. The van der Waals surface area contributed by atoms with Crippen molar-refractivity contribution in [2.45, 2.75) is 13.3 Å². The van der Waals surface area contributed by atoms with Crippen LogP contribution in [-0.4, -0.2) is 56.3 Å². The van der Waals surface area contributed by atoms with Crippen LogP contribution >= 0.6 is 12.6 Å². The lowest BCUT2D eigenvalue weighted by Gasteiger charge is -2.20. The first-order chi connectivity index (χ1) is 6.06. The zero-order valence-electron chi connectivity index (χ0n) is 9.45. The molecule has 0 fully saturated rings. The smallest absolute Gasteiger partial charge is 0.00118 e. The Labute approximate surface area is 88.7 Å². The van der Waals surface area contributed by atoms with Crippen molar-refractivity contribution in [3.63, 3.8) is 0 Å². The number of nitrogens with zero attached hydrogens (tertiary/aromatic N) is 2. The highest BCUT2D eigenvalue weighted by molar-refractivity contribution is 7.80. The molecule has 0 saturated heterocycles. The third-order valence-electron chi connectivity index (χ3n) is 2.08. The van der Waals surface area contributed by atoms with Crippen LogP contribution in [0.1, 0.15) is 13.3 Å². The Morgan fingerprint density at radius 3 is 2.23 bits per heavy atom. The molecule has 0 heterocycles. The van der Waals surface area contributed by atoms with Gasteiger partial charge in [0.2, 0.25) is 0 Å². The molecular formula is C10H24N2S. The molecule has 0 aliphatic carbocycles. The summed E-state index contributed by atoms with van der Waals surface area (Å²) < 4.78 is 0. The maximum absolute atomic E-state index is 4.28. The Bertz CT molecular complexity index is 117. The van der Waals surface area contributed by atoms with Gasteiger partial charge in [-0.1, -0.05) is 6.92 Å². The van der Waals surface area contributed by atoms with Gasteiger partial charge in [0.25, 0.3) is 0 Å². The molecule has 0 aliphatic heterocycles. The molecule has 0 saturated carbocycles. The molecule has 0 aromatic carbocycles. The van der Waals surface area contributed by atoms with E-state index in [4.69, 9.17) is 0 Å². The highest BCUT2D eigenvalue weighted by Gasteiger charge is 2.03. The van der Waals surface area contributed by atoms with Crippen LogP contribution in [0.25, 0.3) is 0 Å². The van der Waals surface area contributed by atoms with E-state index in [9.17, 15) is 0 Å². The molecule has 3 heteroatoms. The van der Waals surface area contributed by atoms with Crippen molar-refractivity contribution in [3.05, 3.63) is 0 Å². The van der Waals surface area contributed by atoms with E-state index >= 15 is 0 Å². The molecule has 0 aromatic heterocycles. The summed E-state index contributed by atoms with van der Waals surface area (Å²) in [6.45, 7) is 5.78. The highest BCUT2D eigenvalue weighted by Crippen LogP contribution is 2.00. The van der Waals surface area contributed by atoms with Gasteiger partial charge in [-0.05, 0) is 52.3 Å². The zero-order chi connectivity index (χ0) is 10.3. The first kappa shape index (κ1) is 13.3. The Hall–Kier alpha value is 0.270. The fraction of sp³-hybridized carbons (Fsp3) is 1.00. The Kier molecular flexibility index (Phi) is 7.81. The summed E-state index contributed by atoms with van der Waals surface area (Å²) in [7, 11) is 6.43. The van der Waals surface area contributed by atoms with Gasteiger partial charge in [0.15, 0.2) is 0 Å². The van der Waals surface area contributed by atoms with Crippen molar-refractivity contribution in [2.24, 2.45) is 5.92 Å². The third-order valence-corrected chi connectivity index (χ3v) is 2.70. The number of rotatable bonds is 7. The molecule has 80 valence electrons. The number of hydrogen-bond acceptors (Lipinski definition) is 3. The van der Waals surface area contributed by atoms with Gasteiger partial charge in [-0.15, -0.1) is 0 Å². The summed E-state index contributed by atoms with van der Waals surface area (Å²) in [5.74, 6) is 1.69. The minimum atomic E-state index is 0.702. The van der Waals surface area contributed by atoms with Gasteiger partial charge in [0, 0.05) is 6.54 Å². The Balaban J connectivity index is 3.34. The van der Waals surface area contributed by atoms with Crippen LogP contribution in [0.5, 0.6) is 0 Å². The summed E-state index contributed by atoms with van der Waals surface area (Å²) in [5, 5.41) is 0. The average molecular weight is 204 g/mol. The number of thiol groups is 1. The second kappa shape index (κ2) is 7.65. The summed E-state index contributed by atoms with van der Waals surface area (Å²) >= 11 is 4.28. The molecule has 1 atom stereocenters. The van der Waals surface area contributed by atoms with Gasteiger partial charge in [0.1, 0.15) is 0 Å². The van der Waals surface area contributed by atoms with Gasteiger partial charge in [-0.25, -0.2) is 0 Å². The SMILES string of the molecule is CC(CS)CN(C)CCCN(C)C. The minimum absolute atomic E-state index is 0.702. The summed E-state index contributed by atoms with van der Waals surface area (Å²) in [6, 6.07) is 0. The van der Waals surface area contributed by atoms with E-state index in [0.29, 0.717) is 5.92 Å². The highest BCUT2D eigenvalue weighted by atomic mass is 32.1. The maximum Gasteiger partial charge on any atom is 0.00118 e. The first-order valence-electron chi connectivity index (χ1n) is 5.00. The van der Waals surface area contributed by atoms with Gasteiger partial charge in [0.05, 0.1) is 0 Å². The molecule has 2 nitrogen and oxygen atoms in total. The molecular weight excluding hydrogens is 180 g/mol. The standard InChI is InChI=1S/C10H24N2S/c1-10(9-13)8-12(4)7-5-6-11(2)3/h10,13H,5-9H2,1-4H3. The van der Waals surface area contributed by atoms with Crippen LogP contribution in [0.2, 0.25) is 0 Å². The Morgan fingerprint density at radius 2 is 1.77 bits per heavy atom. The van der Waals surface area contributed by atoms with Crippen molar-refractivity contribution in [1.82, 2.24) is 9.80 Å². The average Bonchev–Trinajstić information content (AvgIpc) is 2.03. The predicted molar refractivity (Wildman–Crippen MR) is 63.7 cm³/mol. The van der Waals surface area contributed by atoms with Crippen molar-refractivity contribution in [2.75, 3.05) is 46.5 Å². The van der Waals surface area contributed by atoms with E-state index in [1.165, 1.54) is 19.5 Å². The van der Waals surface area contributed by atoms with Crippen LogP contribution in [0, 0.1) is 5.92 Å². The molecule has 13 heavy (non-hydrogen) atoms. The lowest BCUT2D eigenvalue weighted by Crippen LogP contribution is -2.28. The van der Waals surface area contributed by atoms with Gasteiger partial charge in [-0.2, -0.15) is 12.6 Å². The molecule has 1 unspecified atom stereocenters. The zero-order valence-corrected chi connectivity index (χ0v) is 10.3. The molecule has 0 spiro atoms. The van der Waals surface area contributed by atoms with Crippen molar-refractivity contribution < 1.29 is 0 Å². The second-order valence-electron chi connectivity index (χ2n) is 4.21. The molecule has 0 N–H and O–H groups in total.